The molecule has 1 rings (SSSR count). The van der Waals surface area contributed by atoms with Gasteiger partial charge in [0, 0.05) is 16.6 Å². The van der Waals surface area contributed by atoms with E-state index in [2.05, 4.69) is 34.2 Å². The van der Waals surface area contributed by atoms with Crippen molar-refractivity contribution < 1.29 is 4.74 Å². The Labute approximate surface area is 112 Å². The molecule has 1 unspecified atom stereocenters. The molecule has 0 fully saturated rings. The van der Waals surface area contributed by atoms with Crippen molar-refractivity contribution in [3.63, 3.8) is 0 Å². The van der Waals surface area contributed by atoms with Gasteiger partial charge in [-0.15, -0.1) is 0 Å². The molecular weight excluding hydrogens is 280 g/mol. The van der Waals surface area contributed by atoms with E-state index in [1.165, 1.54) is 0 Å². The second-order valence-electron chi connectivity index (χ2n) is 4.10. The van der Waals surface area contributed by atoms with E-state index in [-0.39, 0.29) is 0 Å². The third kappa shape index (κ3) is 4.66. The van der Waals surface area contributed by atoms with Crippen molar-refractivity contribution in [2.75, 3.05) is 20.2 Å². The largest absolute Gasteiger partial charge is 0.496 e. The average Bonchev–Trinajstić information content (AvgIpc) is 2.35. The van der Waals surface area contributed by atoms with Crippen LogP contribution in [0, 0.1) is 5.92 Å². The van der Waals surface area contributed by atoms with Gasteiger partial charge in [-0.05, 0) is 37.2 Å². The van der Waals surface area contributed by atoms with E-state index in [0.717, 1.165) is 41.8 Å². The van der Waals surface area contributed by atoms with Crippen molar-refractivity contribution in [1.82, 2.24) is 5.32 Å². The van der Waals surface area contributed by atoms with Crippen LogP contribution in [0.5, 0.6) is 5.75 Å². The van der Waals surface area contributed by atoms with Gasteiger partial charge in [-0.1, -0.05) is 29.3 Å². The second-order valence-corrected chi connectivity index (χ2v) is 5.01. The first-order valence-electron chi connectivity index (χ1n) is 5.94. The van der Waals surface area contributed by atoms with Gasteiger partial charge in [0.1, 0.15) is 5.75 Å². The quantitative estimate of drug-likeness (QED) is 0.813. The lowest BCUT2D eigenvalue weighted by molar-refractivity contribution is 0.404. The first-order valence-corrected chi connectivity index (χ1v) is 6.73. The molecule has 0 aliphatic carbocycles. The normalized spacial score (nSPS) is 12.5. The number of ether oxygens (including phenoxy) is 1. The molecule has 17 heavy (non-hydrogen) atoms. The van der Waals surface area contributed by atoms with Crippen LogP contribution in [0.2, 0.25) is 0 Å². The van der Waals surface area contributed by atoms with Crippen molar-refractivity contribution in [2.24, 2.45) is 11.7 Å². The summed E-state index contributed by atoms with van der Waals surface area (Å²) in [5.41, 5.74) is 6.83. The molecule has 3 N–H and O–H groups in total. The molecule has 0 heterocycles. The predicted molar refractivity (Wildman–Crippen MR) is 75.2 cm³/mol. The number of methoxy groups -OCH3 is 1. The minimum atomic E-state index is 0.549. The molecule has 0 bridgehead atoms. The standard InChI is InChI=1S/C13H21BrN2O/c1-3-10(7-15)8-16-9-11-6-12(14)4-5-13(11)17-2/h4-6,10,16H,3,7-9,15H2,1-2H3. The number of nitrogens with two attached hydrogens (primary N) is 1. The Morgan fingerprint density at radius 1 is 1.47 bits per heavy atom. The highest BCUT2D eigenvalue weighted by atomic mass is 79.9. The summed E-state index contributed by atoms with van der Waals surface area (Å²) >= 11 is 3.47. The third-order valence-electron chi connectivity index (χ3n) is 2.90. The van der Waals surface area contributed by atoms with E-state index in [0.29, 0.717) is 5.92 Å². The highest BCUT2D eigenvalue weighted by molar-refractivity contribution is 9.10. The molecule has 4 heteroatoms. The van der Waals surface area contributed by atoms with E-state index in [4.69, 9.17) is 10.5 Å². The van der Waals surface area contributed by atoms with Gasteiger partial charge in [-0.25, -0.2) is 0 Å². The van der Waals surface area contributed by atoms with E-state index in [1.807, 2.05) is 12.1 Å². The van der Waals surface area contributed by atoms with E-state index in [1.54, 1.807) is 7.11 Å². The summed E-state index contributed by atoms with van der Waals surface area (Å²) in [7, 11) is 1.70. The summed E-state index contributed by atoms with van der Waals surface area (Å²) in [6.07, 6.45) is 1.11. The topological polar surface area (TPSA) is 47.3 Å². The van der Waals surface area contributed by atoms with Crippen LogP contribution in [0.4, 0.5) is 0 Å². The number of halogens is 1. The summed E-state index contributed by atoms with van der Waals surface area (Å²) in [4.78, 5) is 0. The molecule has 96 valence electrons. The molecule has 0 radical (unpaired) electrons. The Morgan fingerprint density at radius 2 is 2.24 bits per heavy atom. The van der Waals surface area contributed by atoms with Crippen molar-refractivity contribution in [2.45, 2.75) is 19.9 Å². The van der Waals surface area contributed by atoms with Gasteiger partial charge >= 0.3 is 0 Å². The second kappa shape index (κ2) is 7.69. The minimum Gasteiger partial charge on any atom is -0.496 e. The third-order valence-corrected chi connectivity index (χ3v) is 3.39. The average molecular weight is 301 g/mol. The summed E-state index contributed by atoms with van der Waals surface area (Å²) < 4.78 is 6.40. The molecule has 1 aromatic carbocycles. The Morgan fingerprint density at radius 3 is 2.82 bits per heavy atom. The molecule has 1 atom stereocenters. The first kappa shape index (κ1) is 14.5. The smallest absolute Gasteiger partial charge is 0.123 e. The fourth-order valence-corrected chi connectivity index (χ4v) is 2.10. The number of benzene rings is 1. The lowest BCUT2D eigenvalue weighted by Gasteiger charge is -2.14. The highest BCUT2D eigenvalue weighted by Gasteiger charge is 2.06. The summed E-state index contributed by atoms with van der Waals surface area (Å²) in [5.74, 6) is 1.47. The first-order chi connectivity index (χ1) is 8.21. The minimum absolute atomic E-state index is 0.549. The van der Waals surface area contributed by atoms with Gasteiger partial charge in [0.05, 0.1) is 7.11 Å². The van der Waals surface area contributed by atoms with Crippen LogP contribution < -0.4 is 15.8 Å². The lowest BCUT2D eigenvalue weighted by Crippen LogP contribution is -2.27. The van der Waals surface area contributed by atoms with Crippen molar-refractivity contribution >= 4 is 15.9 Å². The maximum Gasteiger partial charge on any atom is 0.123 e. The van der Waals surface area contributed by atoms with Crippen molar-refractivity contribution in [3.8, 4) is 5.75 Å². The summed E-state index contributed by atoms with van der Waals surface area (Å²) in [5, 5.41) is 3.42. The molecule has 0 spiro atoms. The number of nitrogens with one attached hydrogen (secondary N) is 1. The molecule has 1 aromatic rings. The van der Waals surface area contributed by atoms with Gasteiger partial charge < -0.3 is 15.8 Å². The number of rotatable bonds is 7. The van der Waals surface area contributed by atoms with Crippen LogP contribution in [0.3, 0.4) is 0 Å². The maximum absolute atomic E-state index is 5.67. The zero-order chi connectivity index (χ0) is 12.7. The van der Waals surface area contributed by atoms with Crippen LogP contribution >= 0.6 is 15.9 Å². The van der Waals surface area contributed by atoms with E-state index < -0.39 is 0 Å². The van der Waals surface area contributed by atoms with Crippen LogP contribution in [0.1, 0.15) is 18.9 Å². The molecule has 0 aliphatic heterocycles. The molecule has 0 saturated heterocycles. The zero-order valence-corrected chi connectivity index (χ0v) is 12.1. The molecule has 0 aromatic heterocycles. The lowest BCUT2D eigenvalue weighted by atomic mass is 10.1. The van der Waals surface area contributed by atoms with Gasteiger partial charge in [-0.2, -0.15) is 0 Å². The molecule has 3 nitrogen and oxygen atoms in total. The van der Waals surface area contributed by atoms with E-state index in [9.17, 15) is 0 Å². The SMILES string of the molecule is CCC(CN)CNCc1cc(Br)ccc1OC. The molecule has 0 amide bonds. The number of hydrogen-bond acceptors (Lipinski definition) is 3. The Hall–Kier alpha value is -0.580. The maximum atomic E-state index is 5.67. The van der Waals surface area contributed by atoms with E-state index >= 15 is 0 Å². The van der Waals surface area contributed by atoms with Gasteiger partial charge in [0.15, 0.2) is 0 Å². The van der Waals surface area contributed by atoms with Gasteiger partial charge in [-0.3, -0.25) is 0 Å². The van der Waals surface area contributed by atoms with Crippen molar-refractivity contribution in [3.05, 3.63) is 28.2 Å². The summed E-state index contributed by atoms with van der Waals surface area (Å²) in [6.45, 7) is 4.65. The summed E-state index contributed by atoms with van der Waals surface area (Å²) in [6, 6.07) is 6.04. The fourth-order valence-electron chi connectivity index (χ4n) is 1.69. The Bertz CT molecular complexity index is 340. The Kier molecular flexibility index (Phi) is 6.55. The molecular formula is C13H21BrN2O. The fraction of sp³-hybridized carbons (Fsp3) is 0.538. The zero-order valence-electron chi connectivity index (χ0n) is 10.5. The molecule has 0 saturated carbocycles. The van der Waals surface area contributed by atoms with Crippen LogP contribution in [0.15, 0.2) is 22.7 Å². The van der Waals surface area contributed by atoms with Crippen LogP contribution in [-0.4, -0.2) is 20.2 Å². The van der Waals surface area contributed by atoms with Crippen molar-refractivity contribution in [1.29, 1.82) is 0 Å². The number of hydrogen-bond donors (Lipinski definition) is 2. The molecule has 0 aliphatic rings. The van der Waals surface area contributed by atoms with Crippen LogP contribution in [0.25, 0.3) is 0 Å². The monoisotopic (exact) mass is 300 g/mol. The van der Waals surface area contributed by atoms with Gasteiger partial charge in [0.25, 0.3) is 0 Å². The predicted octanol–water partition coefficient (Wildman–Crippen LogP) is 2.53. The van der Waals surface area contributed by atoms with Gasteiger partial charge in [0.2, 0.25) is 0 Å². The highest BCUT2D eigenvalue weighted by Crippen LogP contribution is 2.22. The van der Waals surface area contributed by atoms with Crippen LogP contribution in [-0.2, 0) is 6.54 Å². The Balaban J connectivity index is 2.53.